The molecule has 2 aromatic heterocycles. The molecular formula is C15H18ClNOS. The molecule has 0 radical (unpaired) electrons. The summed E-state index contributed by atoms with van der Waals surface area (Å²) >= 11 is 7.82. The topological polar surface area (TPSA) is 25.2 Å². The third-order valence-corrected chi connectivity index (χ3v) is 5.18. The summed E-state index contributed by atoms with van der Waals surface area (Å²) in [4.78, 5) is 1.44. The van der Waals surface area contributed by atoms with Crippen LogP contribution in [0.2, 0.25) is 4.34 Å². The number of rotatable bonds is 3. The lowest BCUT2D eigenvalue weighted by atomic mass is 10.1. The molecule has 0 aromatic carbocycles. The van der Waals surface area contributed by atoms with Gasteiger partial charge in [0.2, 0.25) is 0 Å². The Hall–Kier alpha value is -0.770. The van der Waals surface area contributed by atoms with Crippen LogP contribution in [0.15, 0.2) is 16.5 Å². The molecule has 1 aliphatic carbocycles. The van der Waals surface area contributed by atoms with Crippen molar-refractivity contribution in [3.63, 3.8) is 0 Å². The van der Waals surface area contributed by atoms with Crippen LogP contribution < -0.4 is 5.32 Å². The van der Waals surface area contributed by atoms with E-state index in [9.17, 15) is 0 Å². The van der Waals surface area contributed by atoms with Gasteiger partial charge in [-0.2, -0.15) is 0 Å². The molecule has 1 aliphatic rings. The van der Waals surface area contributed by atoms with Crippen LogP contribution in [0, 0.1) is 13.8 Å². The highest BCUT2D eigenvalue weighted by atomic mass is 35.5. The Balaban J connectivity index is 1.77. The van der Waals surface area contributed by atoms with Crippen LogP contribution in [0.4, 0.5) is 0 Å². The SMILES string of the molecule is Cc1cc(C(C)NC2CCc3sc(Cl)cc32)c(C)o1. The molecule has 1 N–H and O–H groups in total. The molecule has 102 valence electrons. The number of furan rings is 1. The van der Waals surface area contributed by atoms with E-state index in [2.05, 4.69) is 24.4 Å². The maximum absolute atomic E-state index is 6.10. The van der Waals surface area contributed by atoms with Crippen molar-refractivity contribution >= 4 is 22.9 Å². The first-order chi connectivity index (χ1) is 9.04. The predicted molar refractivity (Wildman–Crippen MR) is 80.1 cm³/mol. The molecule has 2 atom stereocenters. The zero-order valence-electron chi connectivity index (χ0n) is 11.4. The Kier molecular flexibility index (Phi) is 3.46. The summed E-state index contributed by atoms with van der Waals surface area (Å²) in [6.07, 6.45) is 2.30. The van der Waals surface area contributed by atoms with E-state index in [0.717, 1.165) is 22.3 Å². The van der Waals surface area contributed by atoms with Crippen molar-refractivity contribution in [2.24, 2.45) is 0 Å². The maximum atomic E-state index is 6.10. The number of fused-ring (bicyclic) bond motifs is 1. The summed E-state index contributed by atoms with van der Waals surface area (Å²) in [5.74, 6) is 1.99. The molecule has 0 spiro atoms. The predicted octanol–water partition coefficient (Wildman–Crippen LogP) is 4.95. The lowest BCUT2D eigenvalue weighted by Crippen LogP contribution is -2.23. The van der Waals surface area contributed by atoms with Crippen molar-refractivity contribution in [1.29, 1.82) is 0 Å². The molecule has 0 bridgehead atoms. The van der Waals surface area contributed by atoms with Crippen molar-refractivity contribution in [3.05, 3.63) is 44.0 Å². The minimum absolute atomic E-state index is 0.298. The molecule has 2 heterocycles. The summed E-state index contributed by atoms with van der Waals surface area (Å²) in [6.45, 7) is 6.22. The molecule has 2 nitrogen and oxygen atoms in total. The molecular weight excluding hydrogens is 278 g/mol. The highest BCUT2D eigenvalue weighted by molar-refractivity contribution is 7.16. The first-order valence-electron chi connectivity index (χ1n) is 6.65. The summed E-state index contributed by atoms with van der Waals surface area (Å²) < 4.78 is 6.52. The normalized spacial score (nSPS) is 19.7. The summed E-state index contributed by atoms with van der Waals surface area (Å²) in [7, 11) is 0. The number of hydrogen-bond donors (Lipinski definition) is 1. The van der Waals surface area contributed by atoms with Crippen molar-refractivity contribution in [1.82, 2.24) is 5.32 Å². The van der Waals surface area contributed by atoms with Crippen LogP contribution in [0.5, 0.6) is 0 Å². The van der Waals surface area contributed by atoms with Crippen LogP contribution in [0.1, 0.15) is 53.0 Å². The quantitative estimate of drug-likeness (QED) is 0.867. The van der Waals surface area contributed by atoms with E-state index in [1.54, 1.807) is 11.3 Å². The van der Waals surface area contributed by atoms with Gasteiger partial charge in [0.05, 0.1) is 4.34 Å². The molecule has 3 rings (SSSR count). The van der Waals surface area contributed by atoms with Crippen LogP contribution >= 0.6 is 22.9 Å². The van der Waals surface area contributed by atoms with Crippen molar-refractivity contribution in [2.45, 2.75) is 45.7 Å². The fourth-order valence-corrected chi connectivity index (χ4v) is 4.33. The number of hydrogen-bond acceptors (Lipinski definition) is 3. The fourth-order valence-electron chi connectivity index (χ4n) is 2.98. The minimum Gasteiger partial charge on any atom is -0.466 e. The molecule has 2 aromatic rings. The highest BCUT2D eigenvalue weighted by Gasteiger charge is 2.27. The fraction of sp³-hybridized carbons (Fsp3) is 0.467. The Morgan fingerprint density at radius 1 is 1.42 bits per heavy atom. The van der Waals surface area contributed by atoms with Crippen molar-refractivity contribution in [3.8, 4) is 0 Å². The van der Waals surface area contributed by atoms with E-state index in [4.69, 9.17) is 16.0 Å². The number of aryl methyl sites for hydroxylation is 3. The van der Waals surface area contributed by atoms with Crippen molar-refractivity contribution in [2.75, 3.05) is 0 Å². The average Bonchev–Trinajstić information content (AvgIpc) is 2.95. The van der Waals surface area contributed by atoms with Gasteiger partial charge in [-0.3, -0.25) is 0 Å². The second-order valence-electron chi connectivity index (χ2n) is 5.28. The van der Waals surface area contributed by atoms with E-state index in [0.29, 0.717) is 12.1 Å². The summed E-state index contributed by atoms with van der Waals surface area (Å²) in [6, 6.07) is 4.96. The third-order valence-electron chi connectivity index (χ3n) is 3.84. The molecule has 2 unspecified atom stereocenters. The first kappa shape index (κ1) is 13.2. The summed E-state index contributed by atoms with van der Waals surface area (Å²) in [5, 5.41) is 3.71. The lowest BCUT2D eigenvalue weighted by molar-refractivity contribution is 0.450. The Bertz CT molecular complexity index is 601. The zero-order chi connectivity index (χ0) is 13.6. The second kappa shape index (κ2) is 4.97. The average molecular weight is 296 g/mol. The molecule has 0 aliphatic heterocycles. The maximum Gasteiger partial charge on any atom is 0.105 e. The van der Waals surface area contributed by atoms with Crippen LogP contribution in [-0.2, 0) is 6.42 Å². The van der Waals surface area contributed by atoms with Crippen LogP contribution in [0.3, 0.4) is 0 Å². The number of thiophene rings is 1. The summed E-state index contributed by atoms with van der Waals surface area (Å²) in [5.41, 5.74) is 2.65. The van der Waals surface area contributed by atoms with E-state index in [1.807, 2.05) is 13.8 Å². The first-order valence-corrected chi connectivity index (χ1v) is 7.85. The Morgan fingerprint density at radius 2 is 2.21 bits per heavy atom. The van der Waals surface area contributed by atoms with Gasteiger partial charge in [0, 0.05) is 22.5 Å². The highest BCUT2D eigenvalue weighted by Crippen LogP contribution is 2.40. The standard InChI is InChI=1S/C15H18ClNOS/c1-8-6-11(10(3)18-8)9(2)17-13-4-5-14-12(13)7-15(16)19-14/h6-7,9,13,17H,4-5H2,1-3H3. The molecule has 0 fully saturated rings. The van der Waals surface area contributed by atoms with Crippen LogP contribution in [-0.4, -0.2) is 0 Å². The van der Waals surface area contributed by atoms with Gasteiger partial charge in [-0.05, 0) is 51.3 Å². The molecule has 19 heavy (non-hydrogen) atoms. The molecule has 0 amide bonds. The second-order valence-corrected chi connectivity index (χ2v) is 7.05. The monoisotopic (exact) mass is 295 g/mol. The van der Waals surface area contributed by atoms with Gasteiger partial charge in [-0.15, -0.1) is 11.3 Å². The van der Waals surface area contributed by atoms with E-state index >= 15 is 0 Å². The lowest BCUT2D eigenvalue weighted by Gasteiger charge is -2.19. The minimum atomic E-state index is 0.298. The van der Waals surface area contributed by atoms with Gasteiger partial charge in [0.25, 0.3) is 0 Å². The Labute approximate surface area is 122 Å². The van der Waals surface area contributed by atoms with E-state index in [-0.39, 0.29) is 0 Å². The van der Waals surface area contributed by atoms with Gasteiger partial charge in [0.15, 0.2) is 0 Å². The van der Waals surface area contributed by atoms with Gasteiger partial charge in [-0.25, -0.2) is 0 Å². The van der Waals surface area contributed by atoms with Gasteiger partial charge >= 0.3 is 0 Å². The molecule has 0 saturated carbocycles. The Morgan fingerprint density at radius 3 is 2.89 bits per heavy atom. The molecule has 0 saturated heterocycles. The number of nitrogens with one attached hydrogen (secondary N) is 1. The van der Waals surface area contributed by atoms with E-state index in [1.165, 1.54) is 22.4 Å². The largest absolute Gasteiger partial charge is 0.466 e. The zero-order valence-corrected chi connectivity index (χ0v) is 13.0. The van der Waals surface area contributed by atoms with Gasteiger partial charge in [-0.1, -0.05) is 11.6 Å². The smallest absolute Gasteiger partial charge is 0.105 e. The van der Waals surface area contributed by atoms with Gasteiger partial charge < -0.3 is 9.73 Å². The number of halogens is 1. The third kappa shape index (κ3) is 2.47. The van der Waals surface area contributed by atoms with Crippen LogP contribution in [0.25, 0.3) is 0 Å². The molecule has 4 heteroatoms. The van der Waals surface area contributed by atoms with Gasteiger partial charge in [0.1, 0.15) is 11.5 Å². The van der Waals surface area contributed by atoms with E-state index < -0.39 is 0 Å². The van der Waals surface area contributed by atoms with Crippen molar-refractivity contribution < 1.29 is 4.42 Å².